The van der Waals surface area contributed by atoms with Gasteiger partial charge >= 0.3 is 5.97 Å². The van der Waals surface area contributed by atoms with E-state index in [4.69, 9.17) is 0 Å². The SMILES string of the molecule is COC(=O)Cc1csc(NC(=O)c2ccc(C)cc2Br)n1. The Morgan fingerprint density at radius 1 is 1.43 bits per heavy atom. The Balaban J connectivity index is 2.07. The number of carbonyl (C=O) groups excluding carboxylic acids is 2. The third kappa shape index (κ3) is 4.12. The average Bonchev–Trinajstić information content (AvgIpc) is 2.85. The number of thiazole rings is 1. The van der Waals surface area contributed by atoms with Gasteiger partial charge < -0.3 is 4.74 Å². The van der Waals surface area contributed by atoms with Crippen LogP contribution >= 0.6 is 27.3 Å². The van der Waals surface area contributed by atoms with E-state index in [0.29, 0.717) is 16.4 Å². The van der Waals surface area contributed by atoms with Crippen molar-refractivity contribution >= 4 is 44.3 Å². The second-order valence-electron chi connectivity index (χ2n) is 4.33. The molecule has 1 N–H and O–H groups in total. The minimum atomic E-state index is -0.362. The van der Waals surface area contributed by atoms with Crippen LogP contribution in [0.2, 0.25) is 0 Å². The highest BCUT2D eigenvalue weighted by Crippen LogP contribution is 2.21. The highest BCUT2D eigenvalue weighted by molar-refractivity contribution is 9.10. The van der Waals surface area contributed by atoms with E-state index in [1.165, 1.54) is 18.4 Å². The molecule has 0 saturated heterocycles. The van der Waals surface area contributed by atoms with Gasteiger partial charge in [0.05, 0.1) is 24.8 Å². The highest BCUT2D eigenvalue weighted by atomic mass is 79.9. The van der Waals surface area contributed by atoms with Gasteiger partial charge in [-0.15, -0.1) is 11.3 Å². The first-order valence-electron chi connectivity index (χ1n) is 6.08. The van der Waals surface area contributed by atoms with Crippen LogP contribution in [0, 0.1) is 6.92 Å². The van der Waals surface area contributed by atoms with Gasteiger partial charge in [-0.25, -0.2) is 4.98 Å². The van der Waals surface area contributed by atoms with Gasteiger partial charge in [-0.1, -0.05) is 6.07 Å². The summed E-state index contributed by atoms with van der Waals surface area (Å²) in [6, 6.07) is 5.49. The fraction of sp³-hybridized carbons (Fsp3) is 0.214. The minimum Gasteiger partial charge on any atom is -0.469 e. The van der Waals surface area contributed by atoms with Gasteiger partial charge in [-0.2, -0.15) is 0 Å². The zero-order valence-electron chi connectivity index (χ0n) is 11.5. The van der Waals surface area contributed by atoms with Crippen LogP contribution in [0.15, 0.2) is 28.1 Å². The lowest BCUT2D eigenvalue weighted by Crippen LogP contribution is -2.12. The lowest BCUT2D eigenvalue weighted by molar-refractivity contribution is -0.139. The molecule has 2 rings (SSSR count). The van der Waals surface area contributed by atoms with Gasteiger partial charge in [0.25, 0.3) is 5.91 Å². The second-order valence-corrected chi connectivity index (χ2v) is 6.05. The fourth-order valence-electron chi connectivity index (χ4n) is 1.63. The van der Waals surface area contributed by atoms with Crippen molar-refractivity contribution in [3.05, 3.63) is 44.9 Å². The van der Waals surface area contributed by atoms with E-state index in [0.717, 1.165) is 10.0 Å². The lowest BCUT2D eigenvalue weighted by atomic mass is 10.1. The van der Waals surface area contributed by atoms with Crippen LogP contribution < -0.4 is 5.32 Å². The molecule has 1 aromatic carbocycles. The van der Waals surface area contributed by atoms with Gasteiger partial charge in [0.1, 0.15) is 0 Å². The monoisotopic (exact) mass is 368 g/mol. The van der Waals surface area contributed by atoms with Crippen molar-refractivity contribution in [1.29, 1.82) is 0 Å². The summed E-state index contributed by atoms with van der Waals surface area (Å²) in [5, 5.41) is 4.89. The molecule has 7 heteroatoms. The van der Waals surface area contributed by atoms with E-state index < -0.39 is 0 Å². The van der Waals surface area contributed by atoms with E-state index in [-0.39, 0.29) is 18.3 Å². The molecule has 0 bridgehead atoms. The van der Waals surface area contributed by atoms with E-state index in [1.54, 1.807) is 11.4 Å². The van der Waals surface area contributed by atoms with Crippen LogP contribution in [0.5, 0.6) is 0 Å². The smallest absolute Gasteiger partial charge is 0.311 e. The van der Waals surface area contributed by atoms with Crippen LogP contribution in [-0.2, 0) is 16.0 Å². The quantitative estimate of drug-likeness (QED) is 0.841. The summed E-state index contributed by atoms with van der Waals surface area (Å²) in [5.74, 6) is -0.611. The number of aromatic nitrogens is 1. The van der Waals surface area contributed by atoms with Crippen molar-refractivity contribution in [2.24, 2.45) is 0 Å². The van der Waals surface area contributed by atoms with Crippen LogP contribution in [0.25, 0.3) is 0 Å². The zero-order chi connectivity index (χ0) is 15.4. The van der Waals surface area contributed by atoms with Crippen LogP contribution in [0.1, 0.15) is 21.6 Å². The third-order valence-electron chi connectivity index (χ3n) is 2.69. The first kappa shape index (κ1) is 15.7. The molecule has 0 atom stereocenters. The Hall–Kier alpha value is -1.73. The minimum absolute atomic E-state index is 0.0943. The van der Waals surface area contributed by atoms with E-state index >= 15 is 0 Å². The first-order valence-corrected chi connectivity index (χ1v) is 7.75. The van der Waals surface area contributed by atoms with Gasteiger partial charge in [0.2, 0.25) is 0 Å². The van der Waals surface area contributed by atoms with Crippen LogP contribution in [0.3, 0.4) is 0 Å². The molecule has 2 aromatic rings. The number of methoxy groups -OCH3 is 1. The summed E-state index contributed by atoms with van der Waals surface area (Å²) < 4.78 is 5.30. The molecule has 1 heterocycles. The Labute approximate surface area is 134 Å². The Morgan fingerprint density at radius 2 is 2.19 bits per heavy atom. The number of benzene rings is 1. The van der Waals surface area contributed by atoms with E-state index in [9.17, 15) is 9.59 Å². The summed E-state index contributed by atoms with van der Waals surface area (Å²) in [7, 11) is 1.33. The molecule has 0 fully saturated rings. The molecule has 0 spiro atoms. The number of aryl methyl sites for hydroxylation is 1. The van der Waals surface area contributed by atoms with E-state index in [1.807, 2.05) is 19.1 Å². The number of rotatable bonds is 4. The Morgan fingerprint density at radius 3 is 2.86 bits per heavy atom. The van der Waals surface area contributed by atoms with Crippen molar-refractivity contribution in [3.63, 3.8) is 0 Å². The maximum atomic E-state index is 12.2. The molecule has 0 aliphatic heterocycles. The second kappa shape index (κ2) is 6.82. The maximum absolute atomic E-state index is 12.2. The molecule has 0 radical (unpaired) electrons. The summed E-state index contributed by atoms with van der Waals surface area (Å²) in [4.78, 5) is 27.5. The van der Waals surface area contributed by atoms with Crippen molar-refractivity contribution in [2.45, 2.75) is 13.3 Å². The van der Waals surface area contributed by atoms with Gasteiger partial charge in [-0.05, 0) is 40.5 Å². The zero-order valence-corrected chi connectivity index (χ0v) is 13.9. The summed E-state index contributed by atoms with van der Waals surface area (Å²) in [6.45, 7) is 1.95. The standard InChI is InChI=1S/C14H13BrN2O3S/c1-8-3-4-10(11(15)5-8)13(19)17-14-16-9(7-21-14)6-12(18)20-2/h3-5,7H,6H2,1-2H3,(H,16,17,19). The average molecular weight is 369 g/mol. The number of amides is 1. The lowest BCUT2D eigenvalue weighted by Gasteiger charge is -2.05. The first-order chi connectivity index (χ1) is 9.99. The molecule has 21 heavy (non-hydrogen) atoms. The third-order valence-corrected chi connectivity index (χ3v) is 4.16. The molecule has 1 amide bonds. The van der Waals surface area contributed by atoms with Crippen LogP contribution in [-0.4, -0.2) is 24.0 Å². The molecule has 0 unspecified atom stereocenters. The summed E-state index contributed by atoms with van der Waals surface area (Å²) >= 11 is 4.64. The molecular weight excluding hydrogens is 356 g/mol. The maximum Gasteiger partial charge on any atom is 0.311 e. The van der Waals surface area contributed by atoms with Crippen molar-refractivity contribution in [1.82, 2.24) is 4.98 Å². The van der Waals surface area contributed by atoms with Gasteiger partial charge in [-0.3, -0.25) is 14.9 Å². The fourth-order valence-corrected chi connectivity index (χ4v) is 3.01. The van der Waals surface area contributed by atoms with Gasteiger partial charge in [0, 0.05) is 9.85 Å². The molecule has 110 valence electrons. The molecular formula is C14H13BrN2O3S. The molecule has 1 aromatic heterocycles. The summed E-state index contributed by atoms with van der Waals surface area (Å²) in [6.07, 6.45) is 0.0943. The van der Waals surface area contributed by atoms with E-state index in [2.05, 4.69) is 31.0 Å². The number of hydrogen-bond donors (Lipinski definition) is 1. The number of nitrogens with zero attached hydrogens (tertiary/aromatic N) is 1. The molecule has 0 aliphatic rings. The Kier molecular flexibility index (Phi) is 5.08. The predicted octanol–water partition coefficient (Wildman–Crippen LogP) is 3.18. The summed E-state index contributed by atoms with van der Waals surface area (Å²) in [5.41, 5.74) is 2.17. The predicted molar refractivity (Wildman–Crippen MR) is 84.7 cm³/mol. The van der Waals surface area contributed by atoms with Crippen molar-refractivity contribution < 1.29 is 14.3 Å². The van der Waals surface area contributed by atoms with Gasteiger partial charge in [0.15, 0.2) is 5.13 Å². The number of carbonyl (C=O) groups is 2. The molecule has 5 nitrogen and oxygen atoms in total. The van der Waals surface area contributed by atoms with Crippen molar-refractivity contribution in [3.8, 4) is 0 Å². The van der Waals surface area contributed by atoms with Crippen molar-refractivity contribution in [2.75, 3.05) is 12.4 Å². The number of nitrogens with one attached hydrogen (secondary N) is 1. The molecule has 0 saturated carbocycles. The number of halogens is 1. The normalized spacial score (nSPS) is 10.2. The largest absolute Gasteiger partial charge is 0.469 e. The number of hydrogen-bond acceptors (Lipinski definition) is 5. The number of anilines is 1. The van der Waals surface area contributed by atoms with Crippen LogP contribution in [0.4, 0.5) is 5.13 Å². The Bertz CT molecular complexity index is 685. The number of ether oxygens (including phenoxy) is 1. The highest BCUT2D eigenvalue weighted by Gasteiger charge is 2.13. The topological polar surface area (TPSA) is 68.3 Å². The number of esters is 1. The molecule has 0 aliphatic carbocycles.